The molecule has 0 saturated carbocycles. The van der Waals surface area contributed by atoms with E-state index in [9.17, 15) is 0 Å². The molecule has 0 spiro atoms. The van der Waals surface area contributed by atoms with Gasteiger partial charge in [0.15, 0.2) is 0 Å². The molecule has 2 heteroatoms. The first-order valence-corrected chi connectivity index (χ1v) is 5.64. The topological polar surface area (TPSA) is 29.3 Å². The molecule has 1 unspecified atom stereocenters. The minimum Gasteiger partial charge on any atom is -0.323 e. The molecular formula is C11H24N2. The SMILES string of the molecule is CCCC(C)N1CC(N)(CCC)C1. The van der Waals surface area contributed by atoms with Crippen molar-refractivity contribution in [2.24, 2.45) is 5.73 Å². The highest BCUT2D eigenvalue weighted by molar-refractivity contribution is 5.00. The van der Waals surface area contributed by atoms with Crippen LogP contribution < -0.4 is 5.73 Å². The Morgan fingerprint density at radius 3 is 2.38 bits per heavy atom. The molecule has 0 aliphatic carbocycles. The first kappa shape index (κ1) is 11.0. The lowest BCUT2D eigenvalue weighted by Gasteiger charge is -2.50. The molecule has 0 bridgehead atoms. The van der Waals surface area contributed by atoms with Gasteiger partial charge in [-0.15, -0.1) is 0 Å². The minimum absolute atomic E-state index is 0.150. The molecule has 1 aliphatic rings. The predicted octanol–water partition coefficient (Wildman–Crippen LogP) is 1.99. The fraction of sp³-hybridized carbons (Fsp3) is 1.00. The second kappa shape index (κ2) is 4.43. The second-order valence-corrected chi connectivity index (χ2v) is 4.66. The average Bonchev–Trinajstić information content (AvgIpc) is 2.01. The highest BCUT2D eigenvalue weighted by Crippen LogP contribution is 2.26. The Kier molecular flexibility index (Phi) is 3.74. The minimum atomic E-state index is 0.150. The van der Waals surface area contributed by atoms with Crippen LogP contribution in [-0.4, -0.2) is 29.6 Å². The Hall–Kier alpha value is -0.0800. The molecule has 1 rings (SSSR count). The van der Waals surface area contributed by atoms with E-state index in [1.54, 1.807) is 0 Å². The number of likely N-dealkylation sites (tertiary alicyclic amines) is 1. The molecule has 78 valence electrons. The molecular weight excluding hydrogens is 160 g/mol. The summed E-state index contributed by atoms with van der Waals surface area (Å²) in [6.45, 7) is 9.00. The molecule has 13 heavy (non-hydrogen) atoms. The molecule has 1 aliphatic heterocycles. The standard InChI is InChI=1S/C11H24N2/c1-4-6-10(3)13-8-11(12,9-13)7-5-2/h10H,4-9,12H2,1-3H3. The second-order valence-electron chi connectivity index (χ2n) is 4.66. The molecule has 0 aromatic heterocycles. The number of nitrogens with two attached hydrogens (primary N) is 1. The summed E-state index contributed by atoms with van der Waals surface area (Å²) < 4.78 is 0. The van der Waals surface area contributed by atoms with Crippen LogP contribution in [0.3, 0.4) is 0 Å². The van der Waals surface area contributed by atoms with Crippen molar-refractivity contribution in [1.82, 2.24) is 4.90 Å². The van der Waals surface area contributed by atoms with Crippen molar-refractivity contribution in [2.45, 2.75) is 58.0 Å². The fourth-order valence-corrected chi connectivity index (χ4v) is 2.33. The Balaban J connectivity index is 2.23. The predicted molar refractivity (Wildman–Crippen MR) is 57.8 cm³/mol. The third-order valence-electron chi connectivity index (χ3n) is 3.11. The quantitative estimate of drug-likeness (QED) is 0.708. The maximum absolute atomic E-state index is 6.20. The zero-order valence-electron chi connectivity index (χ0n) is 9.34. The van der Waals surface area contributed by atoms with Crippen LogP contribution in [0.25, 0.3) is 0 Å². The summed E-state index contributed by atoms with van der Waals surface area (Å²) in [7, 11) is 0. The van der Waals surface area contributed by atoms with Gasteiger partial charge in [0.1, 0.15) is 0 Å². The van der Waals surface area contributed by atoms with E-state index in [1.807, 2.05) is 0 Å². The third-order valence-corrected chi connectivity index (χ3v) is 3.11. The van der Waals surface area contributed by atoms with E-state index < -0.39 is 0 Å². The van der Waals surface area contributed by atoms with Gasteiger partial charge in [-0.1, -0.05) is 26.7 Å². The van der Waals surface area contributed by atoms with E-state index in [0.717, 1.165) is 19.1 Å². The first-order valence-electron chi connectivity index (χ1n) is 5.64. The van der Waals surface area contributed by atoms with Crippen molar-refractivity contribution >= 4 is 0 Å². The van der Waals surface area contributed by atoms with Crippen LogP contribution in [0.15, 0.2) is 0 Å². The van der Waals surface area contributed by atoms with Gasteiger partial charge in [0, 0.05) is 24.7 Å². The average molecular weight is 184 g/mol. The Labute approximate surface area is 82.5 Å². The van der Waals surface area contributed by atoms with Gasteiger partial charge in [0.05, 0.1) is 0 Å². The van der Waals surface area contributed by atoms with E-state index >= 15 is 0 Å². The fourth-order valence-electron chi connectivity index (χ4n) is 2.33. The highest BCUT2D eigenvalue weighted by Gasteiger charge is 2.39. The van der Waals surface area contributed by atoms with Crippen molar-refractivity contribution in [3.8, 4) is 0 Å². The van der Waals surface area contributed by atoms with Gasteiger partial charge in [-0.3, -0.25) is 4.90 Å². The lowest BCUT2D eigenvalue weighted by molar-refractivity contribution is 0.0268. The first-order chi connectivity index (χ1) is 6.11. The van der Waals surface area contributed by atoms with Crippen LogP contribution in [0.4, 0.5) is 0 Å². The molecule has 0 amide bonds. The normalized spacial score (nSPS) is 24.0. The van der Waals surface area contributed by atoms with Crippen LogP contribution in [0.1, 0.15) is 46.5 Å². The number of nitrogens with zero attached hydrogens (tertiary/aromatic N) is 1. The summed E-state index contributed by atoms with van der Waals surface area (Å²) >= 11 is 0. The van der Waals surface area contributed by atoms with Gasteiger partial charge >= 0.3 is 0 Å². The summed E-state index contributed by atoms with van der Waals surface area (Å²) in [6.07, 6.45) is 4.99. The zero-order chi connectivity index (χ0) is 9.90. The van der Waals surface area contributed by atoms with Crippen LogP contribution in [-0.2, 0) is 0 Å². The van der Waals surface area contributed by atoms with Crippen molar-refractivity contribution < 1.29 is 0 Å². The number of hydrogen-bond donors (Lipinski definition) is 1. The van der Waals surface area contributed by atoms with Crippen molar-refractivity contribution in [3.63, 3.8) is 0 Å². The molecule has 1 fully saturated rings. The van der Waals surface area contributed by atoms with Gasteiger partial charge < -0.3 is 5.73 Å². The van der Waals surface area contributed by atoms with E-state index in [1.165, 1.54) is 25.7 Å². The van der Waals surface area contributed by atoms with Crippen molar-refractivity contribution in [1.29, 1.82) is 0 Å². The maximum Gasteiger partial charge on any atom is 0.0412 e. The lowest BCUT2D eigenvalue weighted by Crippen LogP contribution is -2.68. The van der Waals surface area contributed by atoms with Gasteiger partial charge in [0.2, 0.25) is 0 Å². The Morgan fingerprint density at radius 1 is 1.31 bits per heavy atom. The van der Waals surface area contributed by atoms with Gasteiger partial charge in [-0.05, 0) is 19.8 Å². The highest BCUT2D eigenvalue weighted by atomic mass is 15.3. The van der Waals surface area contributed by atoms with Crippen LogP contribution in [0, 0.1) is 0 Å². The molecule has 1 atom stereocenters. The summed E-state index contributed by atoms with van der Waals surface area (Å²) in [5, 5.41) is 0. The van der Waals surface area contributed by atoms with Gasteiger partial charge in [-0.2, -0.15) is 0 Å². The van der Waals surface area contributed by atoms with Crippen LogP contribution >= 0.6 is 0 Å². The molecule has 0 aromatic rings. The van der Waals surface area contributed by atoms with Crippen LogP contribution in [0.5, 0.6) is 0 Å². The monoisotopic (exact) mass is 184 g/mol. The summed E-state index contributed by atoms with van der Waals surface area (Å²) in [5.41, 5.74) is 6.35. The van der Waals surface area contributed by atoms with Crippen LogP contribution in [0.2, 0.25) is 0 Å². The van der Waals surface area contributed by atoms with E-state index in [0.29, 0.717) is 0 Å². The Bertz CT molecular complexity index is 150. The molecule has 1 heterocycles. The molecule has 0 radical (unpaired) electrons. The van der Waals surface area contributed by atoms with Gasteiger partial charge in [-0.25, -0.2) is 0 Å². The van der Waals surface area contributed by atoms with Gasteiger partial charge in [0.25, 0.3) is 0 Å². The third kappa shape index (κ3) is 2.68. The smallest absolute Gasteiger partial charge is 0.0412 e. The van der Waals surface area contributed by atoms with E-state index in [-0.39, 0.29) is 5.54 Å². The largest absolute Gasteiger partial charge is 0.323 e. The molecule has 1 saturated heterocycles. The lowest BCUT2D eigenvalue weighted by atomic mass is 9.85. The van der Waals surface area contributed by atoms with Crippen molar-refractivity contribution in [2.75, 3.05) is 13.1 Å². The summed E-state index contributed by atoms with van der Waals surface area (Å²) in [5.74, 6) is 0. The Morgan fingerprint density at radius 2 is 1.92 bits per heavy atom. The summed E-state index contributed by atoms with van der Waals surface area (Å²) in [6, 6.07) is 0.735. The van der Waals surface area contributed by atoms with E-state index in [4.69, 9.17) is 5.73 Å². The molecule has 2 N–H and O–H groups in total. The number of rotatable bonds is 5. The van der Waals surface area contributed by atoms with E-state index in [2.05, 4.69) is 25.7 Å². The number of hydrogen-bond acceptors (Lipinski definition) is 2. The zero-order valence-corrected chi connectivity index (χ0v) is 9.34. The molecule has 2 nitrogen and oxygen atoms in total. The maximum atomic E-state index is 6.20. The summed E-state index contributed by atoms with van der Waals surface area (Å²) in [4.78, 5) is 2.51. The molecule has 0 aromatic carbocycles. The van der Waals surface area contributed by atoms with Crippen molar-refractivity contribution in [3.05, 3.63) is 0 Å².